The van der Waals surface area contributed by atoms with Gasteiger partial charge in [0, 0.05) is 16.7 Å². The SMILES string of the molecule is CCOc1ccc(COc2ccc(-c3ccc(-c4ccc(CO)cc4)c(F)c3F)cc2)c(F)c1F. The van der Waals surface area contributed by atoms with E-state index in [0.717, 1.165) is 0 Å². The summed E-state index contributed by atoms with van der Waals surface area (Å²) < 4.78 is 68.5. The zero-order chi connectivity index (χ0) is 24.9. The number of halogens is 4. The summed E-state index contributed by atoms with van der Waals surface area (Å²) in [5.41, 5.74) is 1.79. The molecule has 3 nitrogen and oxygen atoms in total. The van der Waals surface area contributed by atoms with Crippen molar-refractivity contribution in [2.75, 3.05) is 6.61 Å². The molecular weight excluding hydrogens is 460 g/mol. The van der Waals surface area contributed by atoms with Crippen LogP contribution in [0.2, 0.25) is 0 Å². The maximum absolute atomic E-state index is 14.9. The van der Waals surface area contributed by atoms with Crippen LogP contribution in [0.1, 0.15) is 18.1 Å². The monoisotopic (exact) mass is 482 g/mol. The third-order valence-corrected chi connectivity index (χ3v) is 5.52. The van der Waals surface area contributed by atoms with Crippen molar-refractivity contribution in [3.05, 3.63) is 107 Å². The molecule has 180 valence electrons. The standard InChI is InChI=1S/C28H22F4O3/c1-2-34-24-14-9-20(25(29)28(24)32)16-35-21-10-7-19(8-11-21)23-13-12-22(26(30)27(23)31)18-5-3-17(15-33)4-6-18/h3-14,33H,2,15-16H2,1H3. The van der Waals surface area contributed by atoms with Gasteiger partial charge in [-0.25, -0.2) is 13.2 Å². The lowest BCUT2D eigenvalue weighted by atomic mass is 9.98. The minimum atomic E-state index is -1.08. The molecule has 0 heterocycles. The van der Waals surface area contributed by atoms with Crippen molar-refractivity contribution in [2.24, 2.45) is 0 Å². The van der Waals surface area contributed by atoms with Crippen LogP contribution in [0, 0.1) is 23.3 Å². The van der Waals surface area contributed by atoms with Gasteiger partial charge in [0.05, 0.1) is 13.2 Å². The van der Waals surface area contributed by atoms with E-state index in [1.807, 2.05) is 0 Å². The first-order chi connectivity index (χ1) is 16.9. The van der Waals surface area contributed by atoms with E-state index < -0.39 is 23.3 Å². The first kappa shape index (κ1) is 24.3. The summed E-state index contributed by atoms with van der Waals surface area (Å²) >= 11 is 0. The lowest BCUT2D eigenvalue weighted by Crippen LogP contribution is -2.03. The minimum Gasteiger partial charge on any atom is -0.491 e. The summed E-state index contributed by atoms with van der Waals surface area (Å²) in [6, 6.07) is 18.4. The van der Waals surface area contributed by atoms with Crippen LogP contribution in [0.15, 0.2) is 72.8 Å². The zero-order valence-electron chi connectivity index (χ0n) is 18.8. The van der Waals surface area contributed by atoms with Gasteiger partial charge >= 0.3 is 0 Å². The molecule has 0 bridgehead atoms. The summed E-state index contributed by atoms with van der Waals surface area (Å²) in [5, 5.41) is 9.14. The van der Waals surface area contributed by atoms with Crippen molar-refractivity contribution in [1.82, 2.24) is 0 Å². The van der Waals surface area contributed by atoms with Crippen LogP contribution >= 0.6 is 0 Å². The third-order valence-electron chi connectivity index (χ3n) is 5.52. The fourth-order valence-electron chi connectivity index (χ4n) is 3.63. The van der Waals surface area contributed by atoms with Crippen molar-refractivity contribution in [1.29, 1.82) is 0 Å². The Hall–Kier alpha value is -3.84. The molecule has 0 fully saturated rings. The maximum Gasteiger partial charge on any atom is 0.201 e. The molecule has 0 aliphatic heterocycles. The Morgan fingerprint density at radius 1 is 0.629 bits per heavy atom. The topological polar surface area (TPSA) is 38.7 Å². The number of hydrogen-bond acceptors (Lipinski definition) is 3. The van der Waals surface area contributed by atoms with Crippen LogP contribution in [0.3, 0.4) is 0 Å². The van der Waals surface area contributed by atoms with Gasteiger partial charge in [-0.05, 0) is 47.9 Å². The Balaban J connectivity index is 1.50. The van der Waals surface area contributed by atoms with Crippen LogP contribution in [0.4, 0.5) is 17.6 Å². The summed E-state index contributed by atoms with van der Waals surface area (Å²) in [5.74, 6) is -3.91. The van der Waals surface area contributed by atoms with Crippen molar-refractivity contribution >= 4 is 0 Å². The van der Waals surface area contributed by atoms with Crippen molar-refractivity contribution in [3.63, 3.8) is 0 Å². The molecule has 4 aromatic rings. The quantitative estimate of drug-likeness (QED) is 0.274. The van der Waals surface area contributed by atoms with E-state index in [0.29, 0.717) is 22.4 Å². The summed E-state index contributed by atoms with van der Waals surface area (Å²) in [7, 11) is 0. The van der Waals surface area contributed by atoms with Crippen LogP contribution < -0.4 is 9.47 Å². The van der Waals surface area contributed by atoms with Crippen LogP contribution in [0.25, 0.3) is 22.3 Å². The summed E-state index contributed by atoms with van der Waals surface area (Å²) in [4.78, 5) is 0. The van der Waals surface area contributed by atoms with Crippen LogP contribution in [0.5, 0.6) is 11.5 Å². The lowest BCUT2D eigenvalue weighted by Gasteiger charge is -2.12. The number of aliphatic hydroxyl groups is 1. The summed E-state index contributed by atoms with van der Waals surface area (Å²) in [6.07, 6.45) is 0. The highest BCUT2D eigenvalue weighted by atomic mass is 19.2. The van der Waals surface area contributed by atoms with E-state index in [-0.39, 0.29) is 42.3 Å². The Morgan fingerprint density at radius 3 is 1.74 bits per heavy atom. The van der Waals surface area contributed by atoms with E-state index in [1.54, 1.807) is 43.3 Å². The molecular formula is C28H22F4O3. The summed E-state index contributed by atoms with van der Waals surface area (Å²) in [6.45, 7) is 1.52. The molecule has 0 spiro atoms. The largest absolute Gasteiger partial charge is 0.491 e. The zero-order valence-corrected chi connectivity index (χ0v) is 18.8. The van der Waals surface area contributed by atoms with Gasteiger partial charge < -0.3 is 14.6 Å². The molecule has 35 heavy (non-hydrogen) atoms. The highest BCUT2D eigenvalue weighted by molar-refractivity contribution is 5.72. The molecule has 0 aromatic heterocycles. The maximum atomic E-state index is 14.9. The smallest absolute Gasteiger partial charge is 0.201 e. The number of hydrogen-bond donors (Lipinski definition) is 1. The second-order valence-electron chi connectivity index (χ2n) is 7.74. The fraction of sp³-hybridized carbons (Fsp3) is 0.143. The van der Waals surface area contributed by atoms with Gasteiger partial charge in [0.1, 0.15) is 12.4 Å². The highest BCUT2D eigenvalue weighted by Crippen LogP contribution is 2.32. The predicted octanol–water partition coefficient (Wildman–Crippen LogP) is 7.05. The van der Waals surface area contributed by atoms with Crippen LogP contribution in [-0.2, 0) is 13.2 Å². The van der Waals surface area contributed by atoms with E-state index in [9.17, 15) is 17.6 Å². The number of rotatable bonds is 8. The number of ether oxygens (including phenoxy) is 2. The van der Waals surface area contributed by atoms with Gasteiger partial charge in [-0.15, -0.1) is 0 Å². The minimum absolute atomic E-state index is 0.0192. The number of benzene rings is 4. The Morgan fingerprint density at radius 2 is 1.20 bits per heavy atom. The van der Waals surface area contributed by atoms with Crippen molar-refractivity contribution in [2.45, 2.75) is 20.1 Å². The van der Waals surface area contributed by atoms with Crippen LogP contribution in [-0.4, -0.2) is 11.7 Å². The average Bonchev–Trinajstić information content (AvgIpc) is 2.88. The first-order valence-electron chi connectivity index (χ1n) is 10.9. The van der Waals surface area contributed by atoms with Gasteiger partial charge in [-0.3, -0.25) is 0 Å². The van der Waals surface area contributed by atoms with Crippen molar-refractivity contribution < 1.29 is 32.1 Å². The fourth-order valence-corrected chi connectivity index (χ4v) is 3.63. The first-order valence-corrected chi connectivity index (χ1v) is 10.9. The molecule has 0 amide bonds. The molecule has 0 aliphatic rings. The van der Waals surface area contributed by atoms with Gasteiger partial charge in [-0.2, -0.15) is 4.39 Å². The molecule has 7 heteroatoms. The second kappa shape index (κ2) is 10.6. The van der Waals surface area contributed by atoms with E-state index in [4.69, 9.17) is 14.6 Å². The third kappa shape index (κ3) is 5.15. The molecule has 4 rings (SSSR count). The molecule has 0 atom stereocenters. The van der Waals surface area contributed by atoms with Gasteiger partial charge in [0.15, 0.2) is 23.2 Å². The molecule has 0 radical (unpaired) electrons. The van der Waals surface area contributed by atoms with Gasteiger partial charge in [0.2, 0.25) is 5.82 Å². The van der Waals surface area contributed by atoms with Gasteiger partial charge in [-0.1, -0.05) is 48.5 Å². The lowest BCUT2D eigenvalue weighted by molar-refractivity contribution is 0.282. The molecule has 0 aliphatic carbocycles. The van der Waals surface area contributed by atoms with E-state index in [1.165, 1.54) is 36.4 Å². The Bertz CT molecular complexity index is 1320. The second-order valence-corrected chi connectivity index (χ2v) is 7.74. The highest BCUT2D eigenvalue weighted by Gasteiger charge is 2.17. The van der Waals surface area contributed by atoms with E-state index in [2.05, 4.69) is 0 Å². The average molecular weight is 482 g/mol. The molecule has 0 unspecified atom stereocenters. The van der Waals surface area contributed by atoms with E-state index >= 15 is 0 Å². The van der Waals surface area contributed by atoms with Gasteiger partial charge in [0.25, 0.3) is 0 Å². The molecule has 0 saturated carbocycles. The van der Waals surface area contributed by atoms with Crippen molar-refractivity contribution in [3.8, 4) is 33.8 Å². The molecule has 4 aromatic carbocycles. The Labute approximate surface area is 200 Å². The normalized spacial score (nSPS) is 10.9. The molecule has 1 N–H and O–H groups in total. The molecule has 0 saturated heterocycles. The number of aliphatic hydroxyl groups excluding tert-OH is 1. The predicted molar refractivity (Wildman–Crippen MR) is 125 cm³/mol. The Kier molecular flexibility index (Phi) is 7.36.